The van der Waals surface area contributed by atoms with E-state index in [1.807, 2.05) is 44.2 Å². The lowest BCUT2D eigenvalue weighted by Crippen LogP contribution is -2.10. The Labute approximate surface area is 218 Å². The van der Waals surface area contributed by atoms with Crippen LogP contribution >= 0.6 is 0 Å². The summed E-state index contributed by atoms with van der Waals surface area (Å²) in [5, 5.41) is 0.915. The molecule has 6 rings (SSSR count). The van der Waals surface area contributed by atoms with Gasteiger partial charge in [0.25, 0.3) is 5.90 Å². The molecule has 0 N–H and O–H groups in total. The van der Waals surface area contributed by atoms with Crippen LogP contribution in [0, 0.1) is 13.8 Å². The number of hydrogen-bond acceptors (Lipinski definition) is 6. The topological polar surface area (TPSA) is 82.0 Å². The summed E-state index contributed by atoms with van der Waals surface area (Å²) in [7, 11) is 0. The molecule has 0 amide bonds. The van der Waals surface area contributed by atoms with Gasteiger partial charge >= 0.3 is 0 Å². The summed E-state index contributed by atoms with van der Waals surface area (Å²) in [6.45, 7) is 4.32. The zero-order valence-corrected chi connectivity index (χ0v) is 21.1. The summed E-state index contributed by atoms with van der Waals surface area (Å²) in [6, 6.07) is 21.1. The van der Waals surface area contributed by atoms with Gasteiger partial charge in [-0.2, -0.15) is 0 Å². The lowest BCUT2D eigenvalue weighted by Gasteiger charge is -2.03. The van der Waals surface area contributed by atoms with Gasteiger partial charge in [0.2, 0.25) is 11.2 Å². The highest BCUT2D eigenvalue weighted by molar-refractivity contribution is 6.08. The Morgan fingerprint density at radius 1 is 0.842 bits per heavy atom. The van der Waals surface area contributed by atoms with Crippen molar-refractivity contribution in [2.45, 2.75) is 26.7 Å². The van der Waals surface area contributed by atoms with Gasteiger partial charge in [-0.05, 0) is 62.6 Å². The molecule has 1 aliphatic heterocycles. The van der Waals surface area contributed by atoms with Crippen molar-refractivity contribution in [3.63, 3.8) is 0 Å². The van der Waals surface area contributed by atoms with Crippen LogP contribution in [0.4, 0.5) is 0 Å². The van der Waals surface area contributed by atoms with Crippen LogP contribution in [0.1, 0.15) is 40.0 Å². The van der Waals surface area contributed by atoms with E-state index in [-0.39, 0.29) is 39.4 Å². The highest BCUT2D eigenvalue weighted by Crippen LogP contribution is 2.32. The van der Waals surface area contributed by atoms with Crippen LogP contribution < -0.4 is 10.9 Å². The van der Waals surface area contributed by atoms with Crippen molar-refractivity contribution >= 4 is 39.7 Å². The van der Waals surface area contributed by atoms with Crippen molar-refractivity contribution in [2.75, 3.05) is 6.54 Å². The number of ether oxygens (including phenoxy) is 1. The second-order valence-corrected chi connectivity index (χ2v) is 9.54. The highest BCUT2D eigenvalue weighted by atomic mass is 16.5. The Kier molecular flexibility index (Phi) is 6.00. The van der Waals surface area contributed by atoms with Crippen LogP contribution in [0.5, 0.6) is 0 Å². The molecule has 6 heteroatoms. The maximum atomic E-state index is 13.6. The van der Waals surface area contributed by atoms with E-state index in [1.165, 1.54) is 17.9 Å². The molecule has 0 atom stereocenters. The smallest absolute Gasteiger partial charge is 0.259 e. The predicted octanol–water partition coefficient (Wildman–Crippen LogP) is 6.42. The zero-order chi connectivity index (χ0) is 26.2. The maximum Gasteiger partial charge on any atom is 0.259 e. The third-order valence-electron chi connectivity index (χ3n) is 6.66. The molecule has 0 unspecified atom stereocenters. The molecule has 6 nitrogen and oxygen atoms in total. The molecule has 0 aliphatic carbocycles. The lowest BCUT2D eigenvalue weighted by molar-refractivity contribution is 0.505. The summed E-state index contributed by atoms with van der Waals surface area (Å²) in [5.74, 6) is 0.733. The van der Waals surface area contributed by atoms with Crippen molar-refractivity contribution in [1.29, 1.82) is 0 Å². The van der Waals surface area contributed by atoms with Crippen molar-refractivity contribution in [2.24, 2.45) is 4.99 Å². The summed E-state index contributed by atoms with van der Waals surface area (Å²) in [4.78, 5) is 31.5. The quantitative estimate of drug-likeness (QED) is 0.258. The third-order valence-corrected chi connectivity index (χ3v) is 6.66. The molecule has 5 aromatic rings. The first-order valence-electron chi connectivity index (χ1n) is 12.6. The van der Waals surface area contributed by atoms with Crippen LogP contribution in [-0.4, -0.2) is 12.4 Å². The normalized spacial score (nSPS) is 14.9. The highest BCUT2D eigenvalue weighted by Gasteiger charge is 2.32. The van der Waals surface area contributed by atoms with Crippen molar-refractivity contribution in [3.05, 3.63) is 127 Å². The van der Waals surface area contributed by atoms with Crippen molar-refractivity contribution in [1.82, 2.24) is 0 Å². The molecule has 38 heavy (non-hydrogen) atoms. The first kappa shape index (κ1) is 23.7. The number of nitrogens with zero attached hydrogens (tertiary/aromatic N) is 1. The van der Waals surface area contributed by atoms with Gasteiger partial charge in [0.15, 0.2) is 5.43 Å². The van der Waals surface area contributed by atoms with E-state index < -0.39 is 0 Å². The fourth-order valence-corrected chi connectivity index (χ4v) is 4.70. The number of aliphatic imine (C=N–C) groups is 1. The molecule has 0 saturated heterocycles. The molecule has 0 fully saturated rings. The summed E-state index contributed by atoms with van der Waals surface area (Å²) >= 11 is 0. The molecule has 3 heterocycles. The van der Waals surface area contributed by atoms with E-state index in [1.54, 1.807) is 24.3 Å². The van der Waals surface area contributed by atoms with Crippen LogP contribution in [0.2, 0.25) is 0 Å². The average Bonchev–Trinajstić information content (AvgIpc) is 3.26. The van der Waals surface area contributed by atoms with Gasteiger partial charge in [-0.1, -0.05) is 53.6 Å². The molecule has 0 saturated carbocycles. The van der Waals surface area contributed by atoms with E-state index >= 15 is 0 Å². The molecule has 0 radical (unpaired) electrons. The van der Waals surface area contributed by atoms with Gasteiger partial charge in [0.05, 0.1) is 16.3 Å². The molecule has 0 bridgehead atoms. The molecule has 0 spiro atoms. The van der Waals surface area contributed by atoms with Gasteiger partial charge in [0, 0.05) is 6.54 Å². The maximum absolute atomic E-state index is 13.6. The number of fused-ring (bicyclic) bond motifs is 3. The van der Waals surface area contributed by atoms with E-state index in [4.69, 9.17) is 13.6 Å². The van der Waals surface area contributed by atoms with Crippen molar-refractivity contribution < 1.29 is 13.6 Å². The number of rotatable bonds is 5. The van der Waals surface area contributed by atoms with E-state index in [0.717, 1.165) is 24.0 Å². The number of aryl methyl sites for hydroxylation is 3. The zero-order valence-electron chi connectivity index (χ0n) is 21.1. The second-order valence-electron chi connectivity index (χ2n) is 9.54. The van der Waals surface area contributed by atoms with E-state index in [2.05, 4.69) is 17.1 Å². The summed E-state index contributed by atoms with van der Waals surface area (Å²) in [6.07, 6.45) is 4.59. The first-order valence-corrected chi connectivity index (χ1v) is 12.6. The van der Waals surface area contributed by atoms with E-state index in [9.17, 15) is 9.59 Å². The Morgan fingerprint density at radius 3 is 2.32 bits per heavy atom. The standard InChI is InChI=1S/C32H25NO5/c1-19-10-12-25-23(15-19)29(34)22(18-36-25)17-27-28-30(35)24-16-20(2)11-13-26(24)37-31(28)32(38-27)33-14-6-9-21-7-4-3-5-8-21/h3-5,7-8,10-13,15-18H,6,9,14H2,1-2H3/b27-17-,33-32?. The fraction of sp³-hybridized carbons (Fsp3) is 0.156. The Hall–Kier alpha value is -4.71. The minimum Gasteiger partial charge on any atom is -0.463 e. The predicted molar refractivity (Wildman–Crippen MR) is 150 cm³/mol. The molecule has 2 aromatic heterocycles. The monoisotopic (exact) mass is 503 g/mol. The average molecular weight is 504 g/mol. The number of benzene rings is 3. The number of hydrogen-bond donors (Lipinski definition) is 0. The van der Waals surface area contributed by atoms with Crippen LogP contribution in [-0.2, 0) is 11.2 Å². The van der Waals surface area contributed by atoms with Crippen LogP contribution in [0.15, 0.2) is 96.4 Å². The third kappa shape index (κ3) is 4.34. The molecular formula is C32H25NO5. The van der Waals surface area contributed by atoms with Gasteiger partial charge < -0.3 is 13.6 Å². The second kappa shape index (κ2) is 9.63. The molecular weight excluding hydrogens is 478 g/mol. The molecule has 3 aromatic carbocycles. The lowest BCUT2D eigenvalue weighted by atomic mass is 10.1. The summed E-state index contributed by atoms with van der Waals surface area (Å²) < 4.78 is 18.0. The van der Waals surface area contributed by atoms with Crippen LogP contribution in [0.25, 0.3) is 33.8 Å². The van der Waals surface area contributed by atoms with Crippen LogP contribution in [0.3, 0.4) is 0 Å². The van der Waals surface area contributed by atoms with E-state index in [0.29, 0.717) is 28.5 Å². The van der Waals surface area contributed by atoms with Gasteiger partial charge in [-0.25, -0.2) is 4.99 Å². The first-order chi connectivity index (χ1) is 18.5. The minimum atomic E-state index is -0.230. The largest absolute Gasteiger partial charge is 0.463 e. The summed E-state index contributed by atoms with van der Waals surface area (Å²) in [5.41, 5.74) is 4.17. The molecule has 188 valence electrons. The SMILES string of the molecule is Cc1ccc2occ(/C=C3\OC(=NCCCc4ccccc4)c4oc5ccc(C)cc5c(=O)c43)c(=O)c2c1. The fourth-order valence-electron chi connectivity index (χ4n) is 4.70. The minimum absolute atomic E-state index is 0.207. The van der Waals surface area contributed by atoms with Gasteiger partial charge in [0.1, 0.15) is 28.8 Å². The Balaban J connectivity index is 1.44. The Bertz CT molecular complexity index is 1880. The molecule has 1 aliphatic rings. The Morgan fingerprint density at radius 2 is 1.55 bits per heavy atom. The van der Waals surface area contributed by atoms with Gasteiger partial charge in [-0.15, -0.1) is 0 Å². The van der Waals surface area contributed by atoms with Gasteiger partial charge in [-0.3, -0.25) is 9.59 Å². The van der Waals surface area contributed by atoms with Crippen molar-refractivity contribution in [3.8, 4) is 0 Å².